The first-order valence-electron chi connectivity index (χ1n) is 9.69. The number of hydrogen-bond donors (Lipinski definition) is 0. The zero-order chi connectivity index (χ0) is 18.9. The Bertz CT molecular complexity index is 1140. The van der Waals surface area contributed by atoms with Crippen LogP contribution in [0.1, 0.15) is 16.1 Å². The summed E-state index contributed by atoms with van der Waals surface area (Å²) in [4.78, 5) is 21.8. The monoisotopic (exact) mass is 370 g/mol. The van der Waals surface area contributed by atoms with Crippen LogP contribution in [0, 0.1) is 0 Å². The van der Waals surface area contributed by atoms with Crippen LogP contribution in [0.2, 0.25) is 0 Å². The van der Waals surface area contributed by atoms with Crippen molar-refractivity contribution in [3.05, 3.63) is 84.3 Å². The van der Waals surface area contributed by atoms with E-state index in [1.807, 2.05) is 59.6 Å². The van der Waals surface area contributed by atoms with Crippen molar-refractivity contribution in [2.24, 2.45) is 0 Å². The zero-order valence-electron chi connectivity index (χ0n) is 15.7. The number of piperazine rings is 1. The Labute approximate surface area is 163 Å². The van der Waals surface area contributed by atoms with Gasteiger partial charge in [-0.1, -0.05) is 36.4 Å². The Hall–Kier alpha value is -3.18. The fraction of sp³-hybridized carbons (Fsp3) is 0.217. The summed E-state index contributed by atoms with van der Waals surface area (Å²) in [6.07, 6.45) is 4.00. The van der Waals surface area contributed by atoms with Crippen LogP contribution >= 0.6 is 0 Å². The highest BCUT2D eigenvalue weighted by Gasteiger charge is 2.23. The van der Waals surface area contributed by atoms with E-state index in [4.69, 9.17) is 0 Å². The number of hydrogen-bond acceptors (Lipinski definition) is 3. The van der Waals surface area contributed by atoms with Crippen LogP contribution < -0.4 is 0 Å². The topological polar surface area (TPSA) is 40.9 Å². The Morgan fingerprint density at radius 1 is 0.893 bits per heavy atom. The van der Waals surface area contributed by atoms with Gasteiger partial charge in [0, 0.05) is 44.5 Å². The number of amides is 1. The van der Waals surface area contributed by atoms with Gasteiger partial charge in [0.1, 0.15) is 5.65 Å². The lowest BCUT2D eigenvalue weighted by molar-refractivity contribution is 0.0627. The molecule has 2 aromatic carbocycles. The van der Waals surface area contributed by atoms with Gasteiger partial charge in [0.15, 0.2) is 0 Å². The molecule has 0 aliphatic carbocycles. The van der Waals surface area contributed by atoms with E-state index in [0.29, 0.717) is 0 Å². The largest absolute Gasteiger partial charge is 0.336 e. The summed E-state index contributed by atoms with van der Waals surface area (Å²) < 4.78 is 2.13. The molecule has 1 amide bonds. The molecule has 5 rings (SSSR count). The lowest BCUT2D eigenvalue weighted by Crippen LogP contribution is -2.48. The molecule has 4 aromatic rings. The van der Waals surface area contributed by atoms with Gasteiger partial charge in [0.2, 0.25) is 0 Å². The van der Waals surface area contributed by atoms with Crippen molar-refractivity contribution < 1.29 is 4.79 Å². The third kappa shape index (κ3) is 3.14. The smallest absolute Gasteiger partial charge is 0.253 e. The van der Waals surface area contributed by atoms with Crippen molar-refractivity contribution in [2.75, 3.05) is 26.2 Å². The summed E-state index contributed by atoms with van der Waals surface area (Å²) in [6.45, 7) is 4.10. The van der Waals surface area contributed by atoms with E-state index in [-0.39, 0.29) is 5.91 Å². The first-order chi connectivity index (χ1) is 13.8. The van der Waals surface area contributed by atoms with Crippen molar-refractivity contribution in [3.8, 4) is 0 Å². The predicted octanol–water partition coefficient (Wildman–Crippen LogP) is 3.45. The van der Waals surface area contributed by atoms with Crippen molar-refractivity contribution in [1.82, 2.24) is 19.2 Å². The summed E-state index contributed by atoms with van der Waals surface area (Å²) in [7, 11) is 0. The first-order valence-corrected chi connectivity index (χ1v) is 9.69. The van der Waals surface area contributed by atoms with Gasteiger partial charge in [-0.2, -0.15) is 0 Å². The van der Waals surface area contributed by atoms with Crippen molar-refractivity contribution in [2.45, 2.75) is 6.54 Å². The normalized spacial score (nSPS) is 15.4. The molecule has 0 saturated carbocycles. The van der Waals surface area contributed by atoms with Crippen LogP contribution in [-0.2, 0) is 6.54 Å². The molecule has 0 N–H and O–H groups in total. The second kappa shape index (κ2) is 7.09. The van der Waals surface area contributed by atoms with Crippen molar-refractivity contribution in [1.29, 1.82) is 0 Å². The minimum absolute atomic E-state index is 0.125. The Morgan fingerprint density at radius 3 is 2.54 bits per heavy atom. The summed E-state index contributed by atoms with van der Waals surface area (Å²) in [6, 6.07) is 20.2. The molecule has 0 radical (unpaired) electrons. The molecule has 28 heavy (non-hydrogen) atoms. The molecule has 5 nitrogen and oxygen atoms in total. The Balaban J connectivity index is 1.25. The van der Waals surface area contributed by atoms with Gasteiger partial charge in [0.25, 0.3) is 5.91 Å². The second-order valence-corrected chi connectivity index (χ2v) is 7.31. The predicted molar refractivity (Wildman–Crippen MR) is 110 cm³/mol. The van der Waals surface area contributed by atoms with Gasteiger partial charge in [-0.3, -0.25) is 9.69 Å². The van der Waals surface area contributed by atoms with Gasteiger partial charge in [-0.15, -0.1) is 0 Å². The molecule has 3 heterocycles. The van der Waals surface area contributed by atoms with Crippen LogP contribution in [-0.4, -0.2) is 51.3 Å². The van der Waals surface area contributed by atoms with Gasteiger partial charge in [-0.05, 0) is 35.0 Å². The maximum atomic E-state index is 12.9. The van der Waals surface area contributed by atoms with E-state index >= 15 is 0 Å². The number of rotatable bonds is 3. The minimum Gasteiger partial charge on any atom is -0.336 e. The highest BCUT2D eigenvalue weighted by molar-refractivity contribution is 5.98. The molecule has 2 aromatic heterocycles. The number of aromatic nitrogens is 2. The Kier molecular flexibility index (Phi) is 4.29. The summed E-state index contributed by atoms with van der Waals surface area (Å²) in [5.74, 6) is 0.125. The molecule has 0 bridgehead atoms. The minimum atomic E-state index is 0.125. The third-order valence-electron chi connectivity index (χ3n) is 5.54. The average molecular weight is 370 g/mol. The fourth-order valence-electron chi connectivity index (χ4n) is 3.95. The maximum absolute atomic E-state index is 12.9. The van der Waals surface area contributed by atoms with Crippen LogP contribution in [0.25, 0.3) is 16.4 Å². The van der Waals surface area contributed by atoms with Crippen LogP contribution in [0.3, 0.4) is 0 Å². The molecule has 1 saturated heterocycles. The second-order valence-electron chi connectivity index (χ2n) is 7.31. The van der Waals surface area contributed by atoms with Gasteiger partial charge in [0.05, 0.1) is 11.9 Å². The number of fused-ring (bicyclic) bond motifs is 2. The fourth-order valence-corrected chi connectivity index (χ4v) is 3.95. The number of benzene rings is 2. The summed E-state index contributed by atoms with van der Waals surface area (Å²) in [5.41, 5.74) is 2.93. The molecule has 1 fully saturated rings. The first kappa shape index (κ1) is 17.0. The molecular weight excluding hydrogens is 348 g/mol. The molecule has 0 spiro atoms. The summed E-state index contributed by atoms with van der Waals surface area (Å²) >= 11 is 0. The van der Waals surface area contributed by atoms with E-state index in [0.717, 1.165) is 54.7 Å². The van der Waals surface area contributed by atoms with Crippen LogP contribution in [0.5, 0.6) is 0 Å². The summed E-state index contributed by atoms with van der Waals surface area (Å²) in [5, 5.41) is 2.27. The highest BCUT2D eigenvalue weighted by atomic mass is 16.2. The molecule has 1 aliphatic rings. The van der Waals surface area contributed by atoms with E-state index in [9.17, 15) is 4.79 Å². The van der Waals surface area contributed by atoms with Crippen LogP contribution in [0.15, 0.2) is 73.1 Å². The number of nitrogens with zero attached hydrogens (tertiary/aromatic N) is 4. The van der Waals surface area contributed by atoms with E-state index in [2.05, 4.69) is 32.6 Å². The Morgan fingerprint density at radius 2 is 1.68 bits per heavy atom. The van der Waals surface area contributed by atoms with E-state index in [1.54, 1.807) is 0 Å². The molecule has 0 unspecified atom stereocenters. The standard InChI is InChI=1S/C23H22N4O/c28-23(20-9-8-18-5-1-2-6-19(18)15-20)26-13-11-25(12-14-26)17-21-16-24-22-7-3-4-10-27(21)22/h1-10,15-16H,11-14,17H2. The molecule has 140 valence electrons. The van der Waals surface area contributed by atoms with Gasteiger partial charge in [-0.25, -0.2) is 4.98 Å². The number of carbonyl (C=O) groups is 1. The van der Waals surface area contributed by atoms with Gasteiger partial charge >= 0.3 is 0 Å². The molecule has 5 heteroatoms. The van der Waals surface area contributed by atoms with Crippen molar-refractivity contribution in [3.63, 3.8) is 0 Å². The molecule has 1 aliphatic heterocycles. The third-order valence-corrected chi connectivity index (χ3v) is 5.54. The van der Waals surface area contributed by atoms with Gasteiger partial charge < -0.3 is 9.30 Å². The zero-order valence-corrected chi connectivity index (χ0v) is 15.7. The van der Waals surface area contributed by atoms with E-state index in [1.165, 1.54) is 5.69 Å². The van der Waals surface area contributed by atoms with E-state index < -0.39 is 0 Å². The average Bonchev–Trinajstić information content (AvgIpc) is 3.16. The van der Waals surface area contributed by atoms with Crippen molar-refractivity contribution >= 4 is 22.3 Å². The molecule has 0 atom stereocenters. The lowest BCUT2D eigenvalue weighted by Gasteiger charge is -2.34. The van der Waals surface area contributed by atoms with Crippen LogP contribution in [0.4, 0.5) is 0 Å². The number of imidazole rings is 1. The number of carbonyl (C=O) groups excluding carboxylic acids is 1. The molecular formula is C23H22N4O. The lowest BCUT2D eigenvalue weighted by atomic mass is 10.1. The maximum Gasteiger partial charge on any atom is 0.253 e. The SMILES string of the molecule is O=C(c1ccc2ccccc2c1)N1CCN(Cc2cnc3ccccn23)CC1. The highest BCUT2D eigenvalue weighted by Crippen LogP contribution is 2.18. The quantitative estimate of drug-likeness (QED) is 0.555. The number of pyridine rings is 1.